The molecule has 0 amide bonds. The summed E-state index contributed by atoms with van der Waals surface area (Å²) in [6.45, 7) is 4.31. The molecule has 5 heteroatoms. The number of nitrogens with zero attached hydrogens (tertiary/aromatic N) is 1. The molecule has 1 rings (SSSR count). The highest BCUT2D eigenvalue weighted by Gasteiger charge is 2.01. The SMILES string of the molecule is CCOCc1ccccc1CNCC(N)=NO. The Morgan fingerprint density at radius 3 is 2.76 bits per heavy atom. The Morgan fingerprint density at radius 2 is 2.12 bits per heavy atom. The normalized spacial score (nSPS) is 11.7. The number of ether oxygens (including phenoxy) is 1. The topological polar surface area (TPSA) is 79.9 Å². The van der Waals surface area contributed by atoms with Gasteiger partial charge in [0.15, 0.2) is 5.84 Å². The first-order valence-corrected chi connectivity index (χ1v) is 5.59. The molecule has 1 aromatic rings. The fraction of sp³-hybridized carbons (Fsp3) is 0.417. The second kappa shape index (κ2) is 7.65. The molecule has 0 bridgehead atoms. The fourth-order valence-electron chi connectivity index (χ4n) is 1.44. The number of nitrogens with one attached hydrogen (secondary N) is 1. The van der Waals surface area contributed by atoms with Crippen LogP contribution >= 0.6 is 0 Å². The molecule has 0 aliphatic heterocycles. The first kappa shape index (κ1) is 13.5. The van der Waals surface area contributed by atoms with E-state index >= 15 is 0 Å². The molecular weight excluding hydrogens is 218 g/mol. The van der Waals surface area contributed by atoms with Crippen molar-refractivity contribution in [1.29, 1.82) is 0 Å². The zero-order valence-corrected chi connectivity index (χ0v) is 10.0. The summed E-state index contributed by atoms with van der Waals surface area (Å²) in [7, 11) is 0. The minimum absolute atomic E-state index is 0.173. The van der Waals surface area contributed by atoms with Gasteiger partial charge in [-0.1, -0.05) is 29.4 Å². The molecule has 0 unspecified atom stereocenters. The number of amidine groups is 1. The van der Waals surface area contributed by atoms with Gasteiger partial charge in [-0.05, 0) is 18.1 Å². The van der Waals surface area contributed by atoms with E-state index in [1.807, 2.05) is 31.2 Å². The molecule has 0 aliphatic carbocycles. The van der Waals surface area contributed by atoms with Gasteiger partial charge in [-0.25, -0.2) is 0 Å². The van der Waals surface area contributed by atoms with Gasteiger partial charge in [-0.2, -0.15) is 0 Å². The summed E-state index contributed by atoms with van der Waals surface area (Å²) in [5, 5.41) is 14.4. The van der Waals surface area contributed by atoms with E-state index in [2.05, 4.69) is 10.5 Å². The fourth-order valence-corrected chi connectivity index (χ4v) is 1.44. The van der Waals surface area contributed by atoms with Crippen molar-refractivity contribution in [2.75, 3.05) is 13.2 Å². The number of hydrogen-bond donors (Lipinski definition) is 3. The standard InChI is InChI=1S/C12H19N3O2/c1-2-17-9-11-6-4-3-5-10(11)7-14-8-12(13)15-16/h3-6,14,16H,2,7-9H2,1H3,(H2,13,15). The maximum absolute atomic E-state index is 8.41. The van der Waals surface area contributed by atoms with Crippen LogP contribution in [0, 0.1) is 0 Å². The minimum Gasteiger partial charge on any atom is -0.409 e. The summed E-state index contributed by atoms with van der Waals surface area (Å²) in [4.78, 5) is 0. The Labute approximate surface area is 101 Å². The highest BCUT2D eigenvalue weighted by Crippen LogP contribution is 2.09. The van der Waals surface area contributed by atoms with Crippen LogP contribution in [0.1, 0.15) is 18.1 Å². The molecule has 17 heavy (non-hydrogen) atoms. The lowest BCUT2D eigenvalue weighted by molar-refractivity contribution is 0.133. The van der Waals surface area contributed by atoms with E-state index in [0.717, 1.165) is 11.1 Å². The van der Waals surface area contributed by atoms with Crippen LogP contribution < -0.4 is 11.1 Å². The van der Waals surface area contributed by atoms with Crippen molar-refractivity contribution in [3.63, 3.8) is 0 Å². The third-order valence-electron chi connectivity index (χ3n) is 2.33. The minimum atomic E-state index is 0.173. The number of nitrogens with two attached hydrogens (primary N) is 1. The summed E-state index contributed by atoms with van der Waals surface area (Å²) < 4.78 is 5.39. The van der Waals surface area contributed by atoms with Gasteiger partial charge >= 0.3 is 0 Å². The molecular formula is C12H19N3O2. The third kappa shape index (κ3) is 4.84. The Balaban J connectivity index is 2.51. The molecule has 1 aromatic carbocycles. The van der Waals surface area contributed by atoms with Gasteiger partial charge < -0.3 is 21.0 Å². The van der Waals surface area contributed by atoms with Crippen molar-refractivity contribution in [3.05, 3.63) is 35.4 Å². The first-order valence-electron chi connectivity index (χ1n) is 5.59. The van der Waals surface area contributed by atoms with E-state index in [4.69, 9.17) is 15.7 Å². The molecule has 0 spiro atoms. The Hall–Kier alpha value is -1.59. The zero-order chi connectivity index (χ0) is 12.5. The largest absolute Gasteiger partial charge is 0.409 e. The van der Waals surface area contributed by atoms with Gasteiger partial charge in [0.25, 0.3) is 0 Å². The van der Waals surface area contributed by atoms with Crippen LogP contribution in [0.3, 0.4) is 0 Å². The van der Waals surface area contributed by atoms with Crippen LogP contribution in [0.4, 0.5) is 0 Å². The predicted molar refractivity (Wildman–Crippen MR) is 66.9 cm³/mol. The van der Waals surface area contributed by atoms with Gasteiger partial charge in [0, 0.05) is 13.2 Å². The van der Waals surface area contributed by atoms with Crippen LogP contribution in [-0.2, 0) is 17.9 Å². The smallest absolute Gasteiger partial charge is 0.153 e. The van der Waals surface area contributed by atoms with E-state index in [0.29, 0.717) is 26.3 Å². The van der Waals surface area contributed by atoms with E-state index in [1.54, 1.807) is 0 Å². The number of hydrogen-bond acceptors (Lipinski definition) is 4. The van der Waals surface area contributed by atoms with Crippen molar-refractivity contribution < 1.29 is 9.94 Å². The summed E-state index contributed by atoms with van der Waals surface area (Å²) in [6, 6.07) is 8.04. The molecule has 0 heterocycles. The van der Waals surface area contributed by atoms with E-state index in [1.165, 1.54) is 0 Å². The molecule has 0 aliphatic rings. The van der Waals surface area contributed by atoms with Gasteiger partial charge in [-0.15, -0.1) is 0 Å². The maximum atomic E-state index is 8.41. The van der Waals surface area contributed by atoms with Gasteiger partial charge in [0.05, 0.1) is 13.2 Å². The monoisotopic (exact) mass is 237 g/mol. The van der Waals surface area contributed by atoms with Gasteiger partial charge in [-0.3, -0.25) is 0 Å². The Bertz CT molecular complexity index is 367. The zero-order valence-electron chi connectivity index (χ0n) is 10.0. The maximum Gasteiger partial charge on any atom is 0.153 e. The van der Waals surface area contributed by atoms with Crippen LogP contribution in [0.15, 0.2) is 29.4 Å². The molecule has 0 saturated heterocycles. The molecule has 5 nitrogen and oxygen atoms in total. The third-order valence-corrected chi connectivity index (χ3v) is 2.33. The lowest BCUT2D eigenvalue weighted by Gasteiger charge is -2.10. The second-order valence-corrected chi connectivity index (χ2v) is 3.60. The van der Waals surface area contributed by atoms with Crippen LogP contribution in [0.5, 0.6) is 0 Å². The van der Waals surface area contributed by atoms with E-state index < -0.39 is 0 Å². The molecule has 4 N–H and O–H groups in total. The van der Waals surface area contributed by atoms with Crippen LogP contribution in [0.25, 0.3) is 0 Å². The van der Waals surface area contributed by atoms with E-state index in [9.17, 15) is 0 Å². The van der Waals surface area contributed by atoms with Crippen LogP contribution in [0.2, 0.25) is 0 Å². The summed E-state index contributed by atoms with van der Waals surface area (Å²) >= 11 is 0. The molecule has 0 fully saturated rings. The number of benzene rings is 1. The molecule has 0 saturated carbocycles. The second-order valence-electron chi connectivity index (χ2n) is 3.60. The number of oxime groups is 1. The summed E-state index contributed by atoms with van der Waals surface area (Å²) in [5.41, 5.74) is 7.68. The van der Waals surface area contributed by atoms with Crippen molar-refractivity contribution >= 4 is 5.84 Å². The van der Waals surface area contributed by atoms with E-state index in [-0.39, 0.29) is 5.84 Å². The van der Waals surface area contributed by atoms with Gasteiger partial charge in [0.1, 0.15) is 0 Å². The highest BCUT2D eigenvalue weighted by atomic mass is 16.5. The van der Waals surface area contributed by atoms with Crippen molar-refractivity contribution in [3.8, 4) is 0 Å². The first-order chi connectivity index (χ1) is 8.27. The van der Waals surface area contributed by atoms with Crippen molar-refractivity contribution in [2.24, 2.45) is 10.9 Å². The molecule has 94 valence electrons. The average molecular weight is 237 g/mol. The summed E-state index contributed by atoms with van der Waals surface area (Å²) in [5.74, 6) is 0.173. The lowest BCUT2D eigenvalue weighted by Crippen LogP contribution is -2.28. The van der Waals surface area contributed by atoms with Gasteiger partial charge in [0.2, 0.25) is 0 Å². The Morgan fingerprint density at radius 1 is 1.41 bits per heavy atom. The van der Waals surface area contributed by atoms with Crippen molar-refractivity contribution in [2.45, 2.75) is 20.1 Å². The molecule has 0 radical (unpaired) electrons. The number of rotatable bonds is 7. The van der Waals surface area contributed by atoms with Crippen molar-refractivity contribution in [1.82, 2.24) is 5.32 Å². The quantitative estimate of drug-likeness (QED) is 0.287. The van der Waals surface area contributed by atoms with Crippen LogP contribution in [-0.4, -0.2) is 24.2 Å². The average Bonchev–Trinajstić information content (AvgIpc) is 2.37. The lowest BCUT2D eigenvalue weighted by atomic mass is 10.1. The Kier molecular flexibility index (Phi) is 6.06. The summed E-state index contributed by atoms with van der Waals surface area (Å²) in [6.07, 6.45) is 0. The highest BCUT2D eigenvalue weighted by molar-refractivity contribution is 5.81. The predicted octanol–water partition coefficient (Wildman–Crippen LogP) is 1.06. The molecule has 0 atom stereocenters. The molecule has 0 aromatic heterocycles.